The zero-order chi connectivity index (χ0) is 16.9. The van der Waals surface area contributed by atoms with Gasteiger partial charge in [0.15, 0.2) is 0 Å². The summed E-state index contributed by atoms with van der Waals surface area (Å²) in [7, 11) is 0. The lowest BCUT2D eigenvalue weighted by molar-refractivity contribution is -0.121. The molecule has 0 saturated heterocycles. The summed E-state index contributed by atoms with van der Waals surface area (Å²) >= 11 is 3.22. The Morgan fingerprint density at radius 2 is 1.86 bits per heavy atom. The first-order chi connectivity index (χ1) is 10.3. The molecule has 0 atom stereocenters. The highest BCUT2D eigenvalue weighted by molar-refractivity contribution is 9.10. The van der Waals surface area contributed by atoms with Crippen LogP contribution in [0.1, 0.15) is 60.3 Å². The van der Waals surface area contributed by atoms with Crippen LogP contribution in [-0.2, 0) is 4.79 Å². The number of carbonyl (C=O) groups excluding carboxylic acids is 1. The van der Waals surface area contributed by atoms with Gasteiger partial charge in [-0.15, -0.1) is 0 Å². The van der Waals surface area contributed by atoms with Gasteiger partial charge in [-0.3, -0.25) is 4.79 Å². The third-order valence-electron chi connectivity index (χ3n) is 4.34. The van der Waals surface area contributed by atoms with E-state index < -0.39 is 0 Å². The Morgan fingerprint density at radius 3 is 2.32 bits per heavy atom. The van der Waals surface area contributed by atoms with Crippen molar-refractivity contribution < 1.29 is 9.18 Å². The summed E-state index contributed by atoms with van der Waals surface area (Å²) in [6, 6.07) is 4.94. The predicted octanol–water partition coefficient (Wildman–Crippen LogP) is 5.94. The number of anilines is 1. The highest BCUT2D eigenvalue weighted by atomic mass is 79.9. The third kappa shape index (κ3) is 4.80. The van der Waals surface area contributed by atoms with Gasteiger partial charge in [0.2, 0.25) is 5.91 Å². The minimum Gasteiger partial charge on any atom is -0.309 e. The first-order valence-electron chi connectivity index (χ1n) is 8.02. The van der Waals surface area contributed by atoms with Crippen LogP contribution in [0.4, 0.5) is 10.1 Å². The second-order valence-electron chi connectivity index (χ2n) is 6.53. The Labute approximate surface area is 142 Å². The molecule has 0 fully saturated rings. The zero-order valence-corrected chi connectivity index (χ0v) is 15.8. The van der Waals surface area contributed by atoms with Gasteiger partial charge in [-0.05, 0) is 52.4 Å². The largest absolute Gasteiger partial charge is 0.309 e. The molecule has 0 aromatic heterocycles. The molecule has 0 heterocycles. The van der Waals surface area contributed by atoms with Crippen molar-refractivity contribution in [2.24, 2.45) is 5.41 Å². The summed E-state index contributed by atoms with van der Waals surface area (Å²) in [5.41, 5.74) is 0.734. The van der Waals surface area contributed by atoms with Crippen molar-refractivity contribution in [3.05, 3.63) is 28.5 Å². The molecule has 0 aliphatic heterocycles. The van der Waals surface area contributed by atoms with Gasteiger partial charge in [0.05, 0.1) is 4.47 Å². The van der Waals surface area contributed by atoms with Crippen LogP contribution in [0, 0.1) is 11.2 Å². The number of amides is 1. The van der Waals surface area contributed by atoms with E-state index in [1.807, 2.05) is 4.90 Å². The quantitative estimate of drug-likeness (QED) is 0.580. The molecule has 22 heavy (non-hydrogen) atoms. The minimum absolute atomic E-state index is 0.0291. The Hall–Kier alpha value is -0.900. The van der Waals surface area contributed by atoms with E-state index in [1.165, 1.54) is 6.07 Å². The average molecular weight is 372 g/mol. The van der Waals surface area contributed by atoms with Crippen LogP contribution < -0.4 is 4.90 Å². The van der Waals surface area contributed by atoms with E-state index in [9.17, 15) is 9.18 Å². The Balaban J connectivity index is 3.18. The van der Waals surface area contributed by atoms with Gasteiger partial charge in [0.25, 0.3) is 0 Å². The van der Waals surface area contributed by atoms with Gasteiger partial charge < -0.3 is 4.90 Å². The molecule has 124 valence electrons. The third-order valence-corrected chi connectivity index (χ3v) is 4.95. The number of rotatable bonds is 7. The average Bonchev–Trinajstić information content (AvgIpc) is 2.47. The molecule has 0 unspecified atom stereocenters. The van der Waals surface area contributed by atoms with Crippen molar-refractivity contribution in [3.8, 4) is 0 Å². The number of carbonyl (C=O) groups is 1. The fourth-order valence-electron chi connectivity index (χ4n) is 2.47. The van der Waals surface area contributed by atoms with Crippen LogP contribution in [0.5, 0.6) is 0 Å². The summed E-state index contributed by atoms with van der Waals surface area (Å²) in [4.78, 5) is 14.7. The molecule has 1 aromatic rings. The topological polar surface area (TPSA) is 20.3 Å². The molecule has 4 heteroatoms. The summed E-state index contributed by atoms with van der Waals surface area (Å²) in [5, 5.41) is 0. The molecule has 2 nitrogen and oxygen atoms in total. The highest BCUT2D eigenvalue weighted by Crippen LogP contribution is 2.31. The van der Waals surface area contributed by atoms with E-state index in [4.69, 9.17) is 0 Å². The number of halogens is 2. The standard InChI is InChI=1S/C18H27BrFNO/c1-6-13(7-2)21(17(22)12-18(4,5)8-3)14-9-10-16(20)15(19)11-14/h9-11,13H,6-8,12H2,1-5H3. The van der Waals surface area contributed by atoms with Gasteiger partial charge in [-0.2, -0.15) is 0 Å². The summed E-state index contributed by atoms with van der Waals surface area (Å²) in [6.07, 6.45) is 3.20. The lowest BCUT2D eigenvalue weighted by Gasteiger charge is -2.34. The molecule has 0 saturated carbocycles. The molecular formula is C18H27BrFNO. The van der Waals surface area contributed by atoms with Crippen LogP contribution in [0.15, 0.2) is 22.7 Å². The van der Waals surface area contributed by atoms with E-state index >= 15 is 0 Å². The molecule has 0 aliphatic carbocycles. The summed E-state index contributed by atoms with van der Waals surface area (Å²) in [5.74, 6) is -0.200. The molecule has 1 rings (SSSR count). The maximum absolute atomic E-state index is 13.5. The van der Waals surface area contributed by atoms with Gasteiger partial charge in [-0.25, -0.2) is 4.39 Å². The fraction of sp³-hybridized carbons (Fsp3) is 0.611. The molecule has 1 aromatic carbocycles. The van der Waals surface area contributed by atoms with Crippen LogP contribution in [0.3, 0.4) is 0 Å². The van der Waals surface area contributed by atoms with Crippen molar-refractivity contribution in [1.29, 1.82) is 0 Å². The van der Waals surface area contributed by atoms with Crippen LogP contribution in [-0.4, -0.2) is 11.9 Å². The van der Waals surface area contributed by atoms with E-state index in [-0.39, 0.29) is 23.2 Å². The van der Waals surface area contributed by atoms with E-state index in [1.54, 1.807) is 12.1 Å². The second-order valence-corrected chi connectivity index (χ2v) is 7.38. The van der Waals surface area contributed by atoms with Crippen molar-refractivity contribution >= 4 is 27.5 Å². The van der Waals surface area contributed by atoms with Crippen molar-refractivity contribution in [1.82, 2.24) is 0 Å². The van der Waals surface area contributed by atoms with Crippen molar-refractivity contribution in [2.45, 2.75) is 66.3 Å². The van der Waals surface area contributed by atoms with Gasteiger partial charge in [-0.1, -0.05) is 41.0 Å². The number of hydrogen-bond acceptors (Lipinski definition) is 1. The zero-order valence-electron chi connectivity index (χ0n) is 14.2. The summed E-state index contributed by atoms with van der Waals surface area (Å²) in [6.45, 7) is 10.5. The molecule has 1 amide bonds. The number of nitrogens with zero attached hydrogens (tertiary/aromatic N) is 1. The number of hydrogen-bond donors (Lipinski definition) is 0. The molecule has 0 radical (unpaired) electrons. The molecule has 0 N–H and O–H groups in total. The maximum atomic E-state index is 13.5. The Bertz CT molecular complexity index is 512. The smallest absolute Gasteiger partial charge is 0.227 e. The van der Waals surface area contributed by atoms with E-state index in [2.05, 4.69) is 50.5 Å². The monoisotopic (exact) mass is 371 g/mol. The SMILES string of the molecule is CCC(CC)N(C(=O)CC(C)(C)CC)c1ccc(F)c(Br)c1. The summed E-state index contributed by atoms with van der Waals surface area (Å²) < 4.78 is 13.9. The molecule has 0 spiro atoms. The molecule has 0 bridgehead atoms. The Kier molecular flexibility index (Phi) is 7.04. The highest BCUT2D eigenvalue weighted by Gasteiger charge is 2.28. The maximum Gasteiger partial charge on any atom is 0.227 e. The lowest BCUT2D eigenvalue weighted by Crippen LogP contribution is -2.41. The fourth-order valence-corrected chi connectivity index (χ4v) is 2.83. The van der Waals surface area contributed by atoms with Crippen molar-refractivity contribution in [2.75, 3.05) is 4.90 Å². The molecule has 0 aliphatic rings. The van der Waals surface area contributed by atoms with Crippen LogP contribution in [0.2, 0.25) is 0 Å². The van der Waals surface area contributed by atoms with E-state index in [0.717, 1.165) is 24.9 Å². The Morgan fingerprint density at radius 1 is 1.27 bits per heavy atom. The predicted molar refractivity (Wildman–Crippen MR) is 94.6 cm³/mol. The minimum atomic E-state index is -0.311. The van der Waals surface area contributed by atoms with Crippen LogP contribution in [0.25, 0.3) is 0 Å². The van der Waals surface area contributed by atoms with E-state index in [0.29, 0.717) is 10.9 Å². The normalized spacial score (nSPS) is 11.8. The van der Waals surface area contributed by atoms with Gasteiger partial charge in [0, 0.05) is 18.2 Å². The number of benzene rings is 1. The van der Waals surface area contributed by atoms with Gasteiger partial charge >= 0.3 is 0 Å². The van der Waals surface area contributed by atoms with Crippen molar-refractivity contribution in [3.63, 3.8) is 0 Å². The molecular weight excluding hydrogens is 345 g/mol. The second kappa shape index (κ2) is 8.09. The van der Waals surface area contributed by atoms with Crippen LogP contribution >= 0.6 is 15.9 Å². The van der Waals surface area contributed by atoms with Gasteiger partial charge in [0.1, 0.15) is 5.82 Å². The first kappa shape index (κ1) is 19.1. The lowest BCUT2D eigenvalue weighted by atomic mass is 9.85. The first-order valence-corrected chi connectivity index (χ1v) is 8.82.